The molecule has 0 saturated carbocycles. The second-order valence-corrected chi connectivity index (χ2v) is 7.36. The normalized spacial score (nSPS) is 16.0. The van der Waals surface area contributed by atoms with E-state index in [0.29, 0.717) is 16.9 Å². The highest BCUT2D eigenvalue weighted by atomic mass is 32.2. The van der Waals surface area contributed by atoms with E-state index in [9.17, 15) is 9.59 Å². The summed E-state index contributed by atoms with van der Waals surface area (Å²) in [5.41, 5.74) is 1.68. The van der Waals surface area contributed by atoms with Crippen molar-refractivity contribution in [3.05, 3.63) is 86.3 Å². The van der Waals surface area contributed by atoms with Gasteiger partial charge in [0.15, 0.2) is 0 Å². The molecule has 0 spiro atoms. The van der Waals surface area contributed by atoms with Gasteiger partial charge in [-0.3, -0.25) is 13.9 Å². The fourth-order valence-corrected chi connectivity index (χ4v) is 4.33. The van der Waals surface area contributed by atoms with E-state index in [1.165, 1.54) is 17.2 Å². The Morgan fingerprint density at radius 3 is 2.62 bits per heavy atom. The number of hydrogen-bond acceptors (Lipinski definition) is 4. The lowest BCUT2D eigenvalue weighted by Crippen LogP contribution is -2.36. The van der Waals surface area contributed by atoms with Crippen LogP contribution in [0.25, 0.3) is 17.2 Å². The van der Waals surface area contributed by atoms with Crippen molar-refractivity contribution in [1.82, 2.24) is 9.13 Å². The quantitative estimate of drug-likeness (QED) is 0.713. The van der Waals surface area contributed by atoms with E-state index in [1.54, 1.807) is 18.8 Å². The molecule has 1 aliphatic carbocycles. The summed E-state index contributed by atoms with van der Waals surface area (Å²) in [5.74, 6) is 1.45. The van der Waals surface area contributed by atoms with Gasteiger partial charge in [0.25, 0.3) is 5.56 Å². The first-order chi connectivity index (χ1) is 12.6. The highest BCUT2D eigenvalue weighted by Crippen LogP contribution is 2.40. The topological polar surface area (TPSA) is 57.1 Å². The molecule has 0 bridgehead atoms. The van der Waals surface area contributed by atoms with E-state index in [0.717, 1.165) is 15.9 Å². The van der Waals surface area contributed by atoms with Gasteiger partial charge in [-0.05, 0) is 11.6 Å². The maximum Gasteiger partial charge on any atom is 0.333 e. The number of thioether (sulfide) groups is 1. The molecule has 1 unspecified atom stereocenters. The van der Waals surface area contributed by atoms with Crippen LogP contribution in [0.1, 0.15) is 22.1 Å². The monoisotopic (exact) mass is 366 g/mol. The summed E-state index contributed by atoms with van der Waals surface area (Å²) >= 11 is 1.73. The molecule has 0 aliphatic heterocycles. The van der Waals surface area contributed by atoms with Crippen molar-refractivity contribution in [2.75, 3.05) is 0 Å². The highest BCUT2D eigenvalue weighted by Gasteiger charge is 2.26. The molecule has 26 heavy (non-hydrogen) atoms. The summed E-state index contributed by atoms with van der Waals surface area (Å²) < 4.78 is 8.43. The van der Waals surface area contributed by atoms with Crippen LogP contribution in [0.4, 0.5) is 0 Å². The lowest BCUT2D eigenvalue weighted by atomic mass is 10.1. The average Bonchev–Trinajstić information content (AvgIpc) is 2.93. The van der Waals surface area contributed by atoms with E-state index in [2.05, 4.69) is 18.2 Å². The number of allylic oxidation sites excluding steroid dienone is 2. The molecule has 0 radical (unpaired) electrons. The van der Waals surface area contributed by atoms with Gasteiger partial charge in [-0.15, -0.1) is 11.8 Å². The molecule has 0 fully saturated rings. The predicted molar refractivity (Wildman–Crippen MR) is 105 cm³/mol. The number of hydrogen-bond donors (Lipinski definition) is 0. The number of nitrogens with zero attached hydrogens (tertiary/aromatic N) is 2. The van der Waals surface area contributed by atoms with Crippen molar-refractivity contribution < 1.29 is 4.42 Å². The van der Waals surface area contributed by atoms with Crippen molar-refractivity contribution in [3.63, 3.8) is 0 Å². The van der Waals surface area contributed by atoms with Gasteiger partial charge in [-0.1, -0.05) is 48.6 Å². The Morgan fingerprint density at radius 2 is 1.85 bits per heavy atom. The Balaban J connectivity index is 1.86. The minimum atomic E-state index is -0.389. The molecular formula is C20H18N2O3S. The lowest BCUT2D eigenvalue weighted by Gasteiger charge is -2.12. The minimum absolute atomic E-state index is 0.0355. The Labute approximate surface area is 154 Å². The molecule has 2 aromatic heterocycles. The van der Waals surface area contributed by atoms with Crippen molar-refractivity contribution >= 4 is 28.9 Å². The molecule has 1 atom stereocenters. The van der Waals surface area contributed by atoms with E-state index in [1.807, 2.05) is 36.4 Å². The first kappa shape index (κ1) is 16.7. The summed E-state index contributed by atoms with van der Waals surface area (Å²) in [5, 5.41) is 0.443. The zero-order chi connectivity index (χ0) is 18.3. The molecule has 132 valence electrons. The van der Waals surface area contributed by atoms with E-state index in [-0.39, 0.29) is 16.5 Å². The standard InChI is InChI=1S/C20H18N2O3S/c1-21-18(23)17-16-14(25-19(17)22(2)20(21)24)10-6-7-11-15(16)26-12-13-8-4-3-5-9-13/h3-11,15H,12H2,1-2H3. The summed E-state index contributed by atoms with van der Waals surface area (Å²) in [6, 6.07) is 10.2. The largest absolute Gasteiger partial charge is 0.439 e. The number of furan rings is 1. The van der Waals surface area contributed by atoms with Crippen LogP contribution in [0.2, 0.25) is 0 Å². The van der Waals surface area contributed by atoms with Crippen LogP contribution in [0.3, 0.4) is 0 Å². The fourth-order valence-electron chi connectivity index (χ4n) is 3.17. The summed E-state index contributed by atoms with van der Waals surface area (Å²) in [6.07, 6.45) is 7.78. The third-order valence-corrected chi connectivity index (χ3v) is 5.81. The van der Waals surface area contributed by atoms with Gasteiger partial charge >= 0.3 is 5.69 Å². The summed E-state index contributed by atoms with van der Waals surface area (Å²) in [6.45, 7) is 0. The van der Waals surface area contributed by atoms with Gasteiger partial charge in [-0.2, -0.15) is 0 Å². The van der Waals surface area contributed by atoms with E-state index >= 15 is 0 Å². The van der Waals surface area contributed by atoms with Gasteiger partial charge < -0.3 is 4.42 Å². The lowest BCUT2D eigenvalue weighted by molar-refractivity contribution is 0.553. The van der Waals surface area contributed by atoms with Gasteiger partial charge in [0, 0.05) is 25.4 Å². The first-order valence-electron chi connectivity index (χ1n) is 8.30. The van der Waals surface area contributed by atoms with Crippen molar-refractivity contribution in [2.24, 2.45) is 14.1 Å². The third-order valence-electron chi connectivity index (χ3n) is 4.55. The number of aryl methyl sites for hydroxylation is 1. The van der Waals surface area contributed by atoms with Crippen LogP contribution in [0, 0.1) is 0 Å². The predicted octanol–water partition coefficient (Wildman–Crippen LogP) is 3.39. The smallest absolute Gasteiger partial charge is 0.333 e. The van der Waals surface area contributed by atoms with Crippen molar-refractivity contribution in [2.45, 2.75) is 11.0 Å². The second kappa shape index (κ2) is 6.53. The van der Waals surface area contributed by atoms with Crippen LogP contribution >= 0.6 is 11.8 Å². The number of aromatic nitrogens is 2. The molecule has 0 saturated heterocycles. The zero-order valence-electron chi connectivity index (χ0n) is 14.5. The molecule has 4 rings (SSSR count). The van der Waals surface area contributed by atoms with Crippen LogP contribution in [-0.4, -0.2) is 9.13 Å². The third kappa shape index (κ3) is 2.66. The summed E-state index contributed by atoms with van der Waals surface area (Å²) in [7, 11) is 3.12. The number of benzene rings is 1. The van der Waals surface area contributed by atoms with Crippen LogP contribution in [-0.2, 0) is 19.8 Å². The van der Waals surface area contributed by atoms with E-state index < -0.39 is 0 Å². The Morgan fingerprint density at radius 1 is 1.08 bits per heavy atom. The molecule has 3 aromatic rings. The molecule has 0 N–H and O–H groups in total. The van der Waals surface area contributed by atoms with Crippen molar-refractivity contribution in [1.29, 1.82) is 0 Å². The van der Waals surface area contributed by atoms with E-state index in [4.69, 9.17) is 4.42 Å². The second-order valence-electron chi connectivity index (χ2n) is 6.23. The Kier molecular flexibility index (Phi) is 4.20. The molecule has 0 amide bonds. The molecule has 1 aromatic carbocycles. The van der Waals surface area contributed by atoms with Crippen molar-refractivity contribution in [3.8, 4) is 0 Å². The average molecular weight is 366 g/mol. The molecular weight excluding hydrogens is 348 g/mol. The van der Waals surface area contributed by atoms with Crippen LogP contribution in [0.5, 0.6) is 0 Å². The molecule has 1 aliphatic rings. The first-order valence-corrected chi connectivity index (χ1v) is 9.35. The Bertz CT molecular complexity index is 1150. The van der Waals surface area contributed by atoms with Gasteiger partial charge in [0.2, 0.25) is 5.71 Å². The maximum absolute atomic E-state index is 12.8. The Hall–Kier alpha value is -2.73. The van der Waals surface area contributed by atoms with Gasteiger partial charge in [0.05, 0.1) is 5.25 Å². The molecule has 5 nitrogen and oxygen atoms in total. The van der Waals surface area contributed by atoms with Crippen LogP contribution in [0.15, 0.2) is 62.6 Å². The maximum atomic E-state index is 12.8. The SMILES string of the molecule is Cn1c(=O)c2c3c(oc2n(C)c1=O)C=CC=CC3SCc1ccccc1. The molecule has 2 heterocycles. The molecule has 6 heteroatoms. The fraction of sp³-hybridized carbons (Fsp3) is 0.200. The van der Waals surface area contributed by atoms with Gasteiger partial charge in [0.1, 0.15) is 11.1 Å². The summed E-state index contributed by atoms with van der Waals surface area (Å²) in [4.78, 5) is 25.0. The zero-order valence-corrected chi connectivity index (χ0v) is 15.3. The van der Waals surface area contributed by atoms with Gasteiger partial charge in [-0.25, -0.2) is 4.79 Å². The number of fused-ring (bicyclic) bond motifs is 3. The number of rotatable bonds is 3. The van der Waals surface area contributed by atoms with Crippen LogP contribution < -0.4 is 11.2 Å². The minimum Gasteiger partial charge on any atom is -0.439 e. The highest BCUT2D eigenvalue weighted by molar-refractivity contribution is 7.98.